The molecule has 154 valence electrons. The maximum absolute atomic E-state index is 13.1. The van der Waals surface area contributed by atoms with Gasteiger partial charge in [0.2, 0.25) is 5.91 Å². The molecule has 7 heteroatoms. The van der Waals surface area contributed by atoms with Crippen LogP contribution in [-0.2, 0) is 20.9 Å². The molecule has 1 amide bonds. The molecule has 0 unspecified atom stereocenters. The number of hydrogen-bond donors (Lipinski definition) is 1. The summed E-state index contributed by atoms with van der Waals surface area (Å²) in [6, 6.07) is 10.4. The van der Waals surface area contributed by atoms with Gasteiger partial charge >= 0.3 is 5.97 Å². The molecule has 2 heterocycles. The fraction of sp³-hybridized carbons (Fsp3) is 0.619. The Balaban J connectivity index is 1.51. The zero-order valence-electron chi connectivity index (χ0n) is 16.6. The minimum Gasteiger partial charge on any atom is -0.480 e. The summed E-state index contributed by atoms with van der Waals surface area (Å²) in [5.74, 6) is -0.605. The second kappa shape index (κ2) is 10.0. The van der Waals surface area contributed by atoms with E-state index in [0.717, 1.165) is 32.5 Å². The van der Waals surface area contributed by atoms with Gasteiger partial charge in [0.1, 0.15) is 0 Å². The lowest BCUT2D eigenvalue weighted by atomic mass is 9.95. The van der Waals surface area contributed by atoms with Crippen LogP contribution in [0.15, 0.2) is 30.3 Å². The Morgan fingerprint density at radius 3 is 2.75 bits per heavy atom. The largest absolute Gasteiger partial charge is 0.480 e. The predicted octanol–water partition coefficient (Wildman–Crippen LogP) is 1.14. The van der Waals surface area contributed by atoms with Crippen molar-refractivity contribution >= 4 is 11.9 Å². The highest BCUT2D eigenvalue weighted by Crippen LogP contribution is 2.22. The third-order valence-electron chi connectivity index (χ3n) is 5.47. The van der Waals surface area contributed by atoms with Crippen LogP contribution in [0.5, 0.6) is 0 Å². The van der Waals surface area contributed by atoms with Crippen molar-refractivity contribution in [3.63, 3.8) is 0 Å². The number of morpholine rings is 1. The summed E-state index contributed by atoms with van der Waals surface area (Å²) in [6.45, 7) is 4.88. The number of likely N-dealkylation sites (tertiary alicyclic amines) is 1. The van der Waals surface area contributed by atoms with E-state index in [4.69, 9.17) is 9.84 Å². The summed E-state index contributed by atoms with van der Waals surface area (Å²) in [5, 5.41) is 8.90. The number of hydrogen-bond acceptors (Lipinski definition) is 5. The van der Waals surface area contributed by atoms with Crippen molar-refractivity contribution < 1.29 is 19.4 Å². The topological polar surface area (TPSA) is 73.3 Å². The predicted molar refractivity (Wildman–Crippen MR) is 106 cm³/mol. The zero-order valence-corrected chi connectivity index (χ0v) is 16.6. The number of carbonyl (C=O) groups is 2. The molecule has 0 radical (unpaired) electrons. The molecule has 28 heavy (non-hydrogen) atoms. The molecule has 2 saturated heterocycles. The number of aliphatic carboxylic acids is 1. The lowest BCUT2D eigenvalue weighted by Gasteiger charge is -2.39. The SMILES string of the molecule is CN(CC(=O)O)C[C@H]1CN(C(=O)[C@H]2CCCN(Cc3ccccc3)C2)CCO1. The van der Waals surface area contributed by atoms with Crippen LogP contribution in [0.3, 0.4) is 0 Å². The minimum atomic E-state index is -0.855. The number of benzene rings is 1. The number of rotatable bonds is 7. The first-order chi connectivity index (χ1) is 13.5. The summed E-state index contributed by atoms with van der Waals surface area (Å²) in [5.41, 5.74) is 1.28. The van der Waals surface area contributed by atoms with Crippen molar-refractivity contribution in [2.45, 2.75) is 25.5 Å². The molecule has 0 bridgehead atoms. The molecule has 2 atom stereocenters. The Kier molecular flexibility index (Phi) is 7.42. The summed E-state index contributed by atoms with van der Waals surface area (Å²) in [6.07, 6.45) is 1.84. The molecular formula is C21H31N3O4. The van der Waals surface area contributed by atoms with Gasteiger partial charge in [0.25, 0.3) is 0 Å². The maximum Gasteiger partial charge on any atom is 0.317 e. The van der Waals surface area contributed by atoms with E-state index in [0.29, 0.717) is 26.2 Å². The number of likely N-dealkylation sites (N-methyl/N-ethyl adjacent to an activating group) is 1. The molecule has 7 nitrogen and oxygen atoms in total. The normalized spacial score (nSPS) is 23.7. The van der Waals surface area contributed by atoms with Crippen LogP contribution in [0.2, 0.25) is 0 Å². The van der Waals surface area contributed by atoms with E-state index >= 15 is 0 Å². The average molecular weight is 389 g/mol. The molecule has 0 spiro atoms. The number of amides is 1. The fourth-order valence-corrected chi connectivity index (χ4v) is 4.17. The Hall–Kier alpha value is -1.96. The van der Waals surface area contributed by atoms with Crippen LogP contribution in [-0.4, -0.2) is 90.7 Å². The Bertz CT molecular complexity index is 654. The van der Waals surface area contributed by atoms with Gasteiger partial charge in [0.15, 0.2) is 0 Å². The van der Waals surface area contributed by atoms with E-state index in [-0.39, 0.29) is 24.5 Å². The lowest BCUT2D eigenvalue weighted by Crippen LogP contribution is -2.53. The first-order valence-corrected chi connectivity index (χ1v) is 10.1. The third-order valence-corrected chi connectivity index (χ3v) is 5.47. The van der Waals surface area contributed by atoms with Gasteiger partial charge in [-0.15, -0.1) is 0 Å². The van der Waals surface area contributed by atoms with Gasteiger partial charge < -0.3 is 14.7 Å². The molecular weight excluding hydrogens is 358 g/mol. The number of ether oxygens (including phenoxy) is 1. The maximum atomic E-state index is 13.1. The first kappa shape index (κ1) is 20.8. The number of nitrogens with zero attached hydrogens (tertiary/aromatic N) is 3. The molecule has 1 aromatic rings. The quantitative estimate of drug-likeness (QED) is 0.754. The first-order valence-electron chi connectivity index (χ1n) is 10.1. The fourth-order valence-electron chi connectivity index (χ4n) is 4.17. The number of carboxylic acid groups (broad SMARTS) is 1. The van der Waals surface area contributed by atoms with Crippen molar-refractivity contribution in [2.24, 2.45) is 5.92 Å². The van der Waals surface area contributed by atoms with E-state index in [1.165, 1.54) is 5.56 Å². The summed E-state index contributed by atoms with van der Waals surface area (Å²) < 4.78 is 5.76. The monoisotopic (exact) mass is 389 g/mol. The number of carboxylic acids is 1. The Labute approximate surface area is 166 Å². The van der Waals surface area contributed by atoms with E-state index in [1.807, 2.05) is 11.0 Å². The second-order valence-electron chi connectivity index (χ2n) is 7.93. The molecule has 2 aliphatic rings. The van der Waals surface area contributed by atoms with Crippen LogP contribution < -0.4 is 0 Å². The molecule has 0 saturated carbocycles. The van der Waals surface area contributed by atoms with Crippen LogP contribution in [0.1, 0.15) is 18.4 Å². The lowest BCUT2D eigenvalue weighted by molar-refractivity contribution is -0.146. The van der Waals surface area contributed by atoms with Gasteiger partial charge in [-0.25, -0.2) is 0 Å². The summed E-state index contributed by atoms with van der Waals surface area (Å²) >= 11 is 0. The average Bonchev–Trinajstić information content (AvgIpc) is 2.68. The Morgan fingerprint density at radius 1 is 1.21 bits per heavy atom. The van der Waals surface area contributed by atoms with Crippen LogP contribution in [0.25, 0.3) is 0 Å². The van der Waals surface area contributed by atoms with Crippen molar-refractivity contribution in [1.29, 1.82) is 0 Å². The smallest absolute Gasteiger partial charge is 0.317 e. The van der Waals surface area contributed by atoms with Gasteiger partial charge in [-0.1, -0.05) is 30.3 Å². The standard InChI is InChI=1S/C21H31N3O4/c1-22(16-20(25)26)14-19-15-24(10-11-28-19)21(27)18-8-5-9-23(13-18)12-17-6-3-2-4-7-17/h2-4,6-7,18-19H,5,8-16H2,1H3,(H,25,26)/t18-,19-/m0/s1. The highest BCUT2D eigenvalue weighted by Gasteiger charge is 2.32. The molecule has 0 aromatic heterocycles. The molecule has 1 N–H and O–H groups in total. The van der Waals surface area contributed by atoms with Gasteiger partial charge in [-0.2, -0.15) is 0 Å². The van der Waals surface area contributed by atoms with Crippen molar-refractivity contribution in [1.82, 2.24) is 14.7 Å². The summed E-state index contributed by atoms with van der Waals surface area (Å²) in [4.78, 5) is 30.0. The van der Waals surface area contributed by atoms with Gasteiger partial charge in [0.05, 0.1) is 25.2 Å². The Morgan fingerprint density at radius 2 is 2.00 bits per heavy atom. The molecule has 3 rings (SSSR count). The van der Waals surface area contributed by atoms with Gasteiger partial charge in [-0.05, 0) is 32.0 Å². The molecule has 2 fully saturated rings. The molecule has 1 aromatic carbocycles. The molecule has 2 aliphatic heterocycles. The van der Waals surface area contributed by atoms with Crippen LogP contribution >= 0.6 is 0 Å². The third kappa shape index (κ3) is 6.02. The van der Waals surface area contributed by atoms with E-state index in [2.05, 4.69) is 29.2 Å². The van der Waals surface area contributed by atoms with Gasteiger partial charge in [0, 0.05) is 32.7 Å². The number of piperidine rings is 1. The minimum absolute atomic E-state index is 0.0229. The van der Waals surface area contributed by atoms with Gasteiger partial charge in [-0.3, -0.25) is 19.4 Å². The summed E-state index contributed by atoms with van der Waals surface area (Å²) in [7, 11) is 1.76. The number of carbonyl (C=O) groups excluding carboxylic acids is 1. The van der Waals surface area contributed by atoms with Crippen molar-refractivity contribution in [3.8, 4) is 0 Å². The van der Waals surface area contributed by atoms with Crippen LogP contribution in [0, 0.1) is 5.92 Å². The van der Waals surface area contributed by atoms with E-state index in [1.54, 1.807) is 11.9 Å². The highest BCUT2D eigenvalue weighted by molar-refractivity contribution is 5.79. The van der Waals surface area contributed by atoms with E-state index < -0.39 is 5.97 Å². The van der Waals surface area contributed by atoms with E-state index in [9.17, 15) is 9.59 Å². The van der Waals surface area contributed by atoms with Crippen LogP contribution in [0.4, 0.5) is 0 Å². The van der Waals surface area contributed by atoms with Crippen molar-refractivity contribution in [2.75, 3.05) is 52.9 Å². The second-order valence-corrected chi connectivity index (χ2v) is 7.93. The highest BCUT2D eigenvalue weighted by atomic mass is 16.5. The molecule has 0 aliphatic carbocycles. The van der Waals surface area contributed by atoms with Crippen molar-refractivity contribution in [3.05, 3.63) is 35.9 Å². The zero-order chi connectivity index (χ0) is 19.9.